The zero-order valence-electron chi connectivity index (χ0n) is 22.5. The second kappa shape index (κ2) is 10.9. The van der Waals surface area contributed by atoms with Gasteiger partial charge in [-0.05, 0) is 43.5 Å². The number of fused-ring (bicyclic) bond motifs is 2. The second-order valence-electron chi connectivity index (χ2n) is 9.44. The average molecular weight is 525 g/mol. The van der Waals surface area contributed by atoms with Crippen LogP contribution in [0.3, 0.4) is 0 Å². The molecule has 39 heavy (non-hydrogen) atoms. The van der Waals surface area contributed by atoms with Gasteiger partial charge in [-0.25, -0.2) is 4.98 Å². The van der Waals surface area contributed by atoms with Crippen molar-refractivity contribution in [2.24, 2.45) is 7.05 Å². The third kappa shape index (κ3) is 5.05. The molecule has 200 valence electrons. The van der Waals surface area contributed by atoms with E-state index in [0.29, 0.717) is 43.3 Å². The number of nitrogens with one attached hydrogen (secondary N) is 1. The smallest absolute Gasteiger partial charge is 0.276 e. The predicted octanol–water partition coefficient (Wildman–Crippen LogP) is 4.60. The van der Waals surface area contributed by atoms with Crippen LogP contribution in [-0.2, 0) is 18.4 Å². The molecular formula is C29H32N8O2. The fourth-order valence-corrected chi connectivity index (χ4v) is 4.93. The molecule has 5 rings (SSSR count). The highest BCUT2D eigenvalue weighted by molar-refractivity contribution is 6.05. The Bertz CT molecular complexity index is 1630. The number of rotatable bonds is 8. The van der Waals surface area contributed by atoms with Crippen molar-refractivity contribution in [1.29, 1.82) is 0 Å². The summed E-state index contributed by atoms with van der Waals surface area (Å²) in [5.74, 6) is 0.226. The van der Waals surface area contributed by atoms with Gasteiger partial charge < -0.3 is 15.1 Å². The number of nitrogens with zero attached hydrogens (tertiary/aromatic N) is 7. The minimum Gasteiger partial charge on any atom is -0.333 e. The molecule has 10 nitrogen and oxygen atoms in total. The highest BCUT2D eigenvalue weighted by Gasteiger charge is 2.30. The van der Waals surface area contributed by atoms with Crippen molar-refractivity contribution in [2.75, 3.05) is 28.2 Å². The minimum absolute atomic E-state index is 0.144. The number of pyridine rings is 1. The molecule has 1 aromatic carbocycles. The number of para-hydroxylation sites is 1. The number of aryl methyl sites for hydroxylation is 3. The van der Waals surface area contributed by atoms with Gasteiger partial charge in [-0.2, -0.15) is 10.1 Å². The molecule has 0 radical (unpaired) electrons. The Morgan fingerprint density at radius 1 is 1.18 bits per heavy atom. The van der Waals surface area contributed by atoms with Crippen LogP contribution >= 0.6 is 0 Å². The lowest BCUT2D eigenvalue weighted by Crippen LogP contribution is -2.44. The van der Waals surface area contributed by atoms with E-state index in [0.717, 1.165) is 34.4 Å². The molecule has 10 heteroatoms. The molecule has 0 saturated heterocycles. The van der Waals surface area contributed by atoms with Crippen molar-refractivity contribution in [3.8, 4) is 0 Å². The van der Waals surface area contributed by atoms with Gasteiger partial charge in [0.1, 0.15) is 11.3 Å². The van der Waals surface area contributed by atoms with E-state index in [-0.39, 0.29) is 11.5 Å². The van der Waals surface area contributed by atoms with Crippen LogP contribution in [0.25, 0.3) is 11.0 Å². The summed E-state index contributed by atoms with van der Waals surface area (Å²) >= 11 is 0. The molecule has 1 amide bonds. The maximum Gasteiger partial charge on any atom is 0.276 e. The van der Waals surface area contributed by atoms with Crippen molar-refractivity contribution in [3.05, 3.63) is 83.6 Å². The van der Waals surface area contributed by atoms with Gasteiger partial charge >= 0.3 is 0 Å². The molecule has 0 unspecified atom stereocenters. The Kier molecular flexibility index (Phi) is 7.27. The topological polar surface area (TPSA) is 101 Å². The summed E-state index contributed by atoms with van der Waals surface area (Å²) in [6, 6.07) is 7.70. The quantitative estimate of drug-likeness (QED) is 0.265. The molecule has 1 aliphatic rings. The van der Waals surface area contributed by atoms with Crippen LogP contribution in [0.4, 0.5) is 28.7 Å². The van der Waals surface area contributed by atoms with Gasteiger partial charge in [-0.1, -0.05) is 37.8 Å². The van der Waals surface area contributed by atoms with Crippen molar-refractivity contribution in [2.45, 2.75) is 33.2 Å². The summed E-state index contributed by atoms with van der Waals surface area (Å²) < 4.78 is 3.41. The summed E-state index contributed by atoms with van der Waals surface area (Å²) in [5, 5.41) is 8.09. The van der Waals surface area contributed by atoms with Crippen LogP contribution in [0.1, 0.15) is 25.3 Å². The van der Waals surface area contributed by atoms with E-state index in [1.165, 1.54) is 6.08 Å². The number of benzene rings is 1. The second-order valence-corrected chi connectivity index (χ2v) is 9.44. The monoisotopic (exact) mass is 524 g/mol. The zero-order valence-corrected chi connectivity index (χ0v) is 22.5. The van der Waals surface area contributed by atoms with Gasteiger partial charge in [0.2, 0.25) is 5.95 Å². The van der Waals surface area contributed by atoms with Gasteiger partial charge in [-0.3, -0.25) is 18.8 Å². The number of carbonyl (C=O) groups is 1. The largest absolute Gasteiger partial charge is 0.333 e. The Morgan fingerprint density at radius 3 is 2.77 bits per heavy atom. The van der Waals surface area contributed by atoms with Crippen LogP contribution < -0.4 is 20.7 Å². The number of aromatic nitrogens is 5. The molecule has 4 aromatic rings. The number of carbonyl (C=O) groups excluding carboxylic acids is 1. The van der Waals surface area contributed by atoms with Crippen LogP contribution in [0.2, 0.25) is 0 Å². The standard InChI is InChI=1S/C29H32N8O2/c1-5-7-8-9-13-37-27-21(17-30-29(33-27)32-22-18-31-34(4)19-22)16-24(28(37)39)35-14-15-36(25(38)6-2)26-20(3)11-10-12-23(26)35/h6-8,10-12,16-19H,2,5,9,13-15H2,1,3-4H3,(H,30,32,33)/b8-7-. The maximum atomic E-state index is 14.1. The lowest BCUT2D eigenvalue weighted by Gasteiger charge is -2.38. The first-order valence-electron chi connectivity index (χ1n) is 13.0. The van der Waals surface area contributed by atoms with Gasteiger partial charge in [0.15, 0.2) is 0 Å². The van der Waals surface area contributed by atoms with E-state index in [4.69, 9.17) is 4.98 Å². The van der Waals surface area contributed by atoms with Crippen LogP contribution in [0.5, 0.6) is 0 Å². The first kappa shape index (κ1) is 25.9. The normalized spacial score (nSPS) is 13.2. The third-order valence-corrected chi connectivity index (χ3v) is 6.75. The zero-order chi connectivity index (χ0) is 27.5. The summed E-state index contributed by atoms with van der Waals surface area (Å²) in [6.07, 6.45) is 12.4. The molecule has 0 spiro atoms. The molecule has 0 fully saturated rings. The molecule has 4 heterocycles. The highest BCUT2D eigenvalue weighted by atomic mass is 16.2. The summed E-state index contributed by atoms with van der Waals surface area (Å²) in [4.78, 5) is 39.7. The average Bonchev–Trinajstić information content (AvgIpc) is 3.35. The van der Waals surface area contributed by atoms with Crippen molar-refractivity contribution in [1.82, 2.24) is 24.3 Å². The minimum atomic E-state index is -0.161. The van der Waals surface area contributed by atoms with Crippen LogP contribution in [0.15, 0.2) is 72.5 Å². The lowest BCUT2D eigenvalue weighted by atomic mass is 10.1. The molecule has 3 aromatic heterocycles. The number of amides is 1. The van der Waals surface area contributed by atoms with E-state index >= 15 is 0 Å². The third-order valence-electron chi connectivity index (χ3n) is 6.75. The number of anilines is 5. The van der Waals surface area contributed by atoms with E-state index in [1.54, 1.807) is 26.5 Å². The first-order chi connectivity index (χ1) is 18.9. The van der Waals surface area contributed by atoms with E-state index in [2.05, 4.69) is 41.1 Å². The Morgan fingerprint density at radius 2 is 2.03 bits per heavy atom. The van der Waals surface area contributed by atoms with Crippen molar-refractivity contribution >= 4 is 45.6 Å². The highest BCUT2D eigenvalue weighted by Crippen LogP contribution is 2.39. The van der Waals surface area contributed by atoms with E-state index < -0.39 is 0 Å². The molecular weight excluding hydrogens is 492 g/mol. The Hall–Kier alpha value is -4.73. The van der Waals surface area contributed by atoms with Gasteiger partial charge in [0, 0.05) is 44.5 Å². The predicted molar refractivity (Wildman–Crippen MR) is 155 cm³/mol. The Balaban J connectivity index is 1.63. The van der Waals surface area contributed by atoms with Gasteiger partial charge in [-0.15, -0.1) is 0 Å². The molecule has 0 aliphatic carbocycles. The van der Waals surface area contributed by atoms with Crippen molar-refractivity contribution < 1.29 is 4.79 Å². The lowest BCUT2D eigenvalue weighted by molar-refractivity contribution is -0.114. The van der Waals surface area contributed by atoms with E-state index in [1.807, 2.05) is 49.3 Å². The van der Waals surface area contributed by atoms with Crippen molar-refractivity contribution in [3.63, 3.8) is 0 Å². The summed E-state index contributed by atoms with van der Waals surface area (Å²) in [6.45, 7) is 9.09. The van der Waals surface area contributed by atoms with Crippen LogP contribution in [0, 0.1) is 6.92 Å². The fraction of sp³-hybridized carbons (Fsp3) is 0.276. The van der Waals surface area contributed by atoms with Gasteiger partial charge in [0.05, 0.1) is 23.3 Å². The number of hydrogen-bond donors (Lipinski definition) is 1. The number of allylic oxidation sites excluding steroid dienone is 2. The molecule has 0 saturated carbocycles. The summed E-state index contributed by atoms with van der Waals surface area (Å²) in [5.41, 5.74) is 4.24. The van der Waals surface area contributed by atoms with Gasteiger partial charge in [0.25, 0.3) is 11.5 Å². The Labute approximate surface area is 226 Å². The maximum absolute atomic E-state index is 14.1. The molecule has 1 N–H and O–H groups in total. The first-order valence-corrected chi connectivity index (χ1v) is 13.0. The molecule has 0 atom stereocenters. The SMILES string of the molecule is C=CC(=O)N1CCN(c2cc3cnc(Nc4cnn(C)c4)nc3n(CC/C=C\CC)c2=O)c2cccc(C)c21. The van der Waals surface area contributed by atoms with Crippen LogP contribution in [-0.4, -0.2) is 43.3 Å². The molecule has 1 aliphatic heterocycles. The summed E-state index contributed by atoms with van der Waals surface area (Å²) in [7, 11) is 1.84. The number of hydrogen-bond acceptors (Lipinski definition) is 7. The molecule has 0 bridgehead atoms. The fourth-order valence-electron chi connectivity index (χ4n) is 4.93. The van der Waals surface area contributed by atoms with E-state index in [9.17, 15) is 9.59 Å².